The van der Waals surface area contributed by atoms with Crippen molar-refractivity contribution in [1.82, 2.24) is 0 Å². The first-order chi connectivity index (χ1) is 12.4. The van der Waals surface area contributed by atoms with Crippen LogP contribution in [0.3, 0.4) is 0 Å². The van der Waals surface area contributed by atoms with Crippen LogP contribution in [-0.4, -0.2) is 38.9 Å². The minimum absolute atomic E-state index is 0.130. The van der Waals surface area contributed by atoms with Gasteiger partial charge < -0.3 is 15.2 Å². The second-order valence-electron chi connectivity index (χ2n) is 6.18. The summed E-state index contributed by atoms with van der Waals surface area (Å²) in [6.45, 7) is 1.79. The number of hydrogen-bond donors (Lipinski definition) is 1. The van der Waals surface area contributed by atoms with Crippen molar-refractivity contribution in [2.45, 2.75) is 28.5 Å². The van der Waals surface area contributed by atoms with E-state index in [9.17, 15) is 13.2 Å². The minimum atomic E-state index is -3.81. The molecule has 3 rings (SSSR count). The summed E-state index contributed by atoms with van der Waals surface area (Å²) >= 11 is 0. The predicted molar refractivity (Wildman–Crippen MR) is 96.7 cm³/mol. The van der Waals surface area contributed by atoms with Crippen LogP contribution < -0.4 is 10.5 Å². The Morgan fingerprint density at radius 3 is 2.27 bits per heavy atom. The summed E-state index contributed by atoms with van der Waals surface area (Å²) in [5.41, 5.74) is 5.35. The highest BCUT2D eigenvalue weighted by atomic mass is 32.2. The molecule has 0 saturated heterocycles. The molecule has 0 aromatic heterocycles. The number of ether oxygens (including phenoxy) is 2. The molecule has 1 aliphatic rings. The van der Waals surface area contributed by atoms with Gasteiger partial charge in [0, 0.05) is 5.92 Å². The standard InChI is InChI=1S/C19H21NO5S/c1-3-25-18(21)19(20)16(13-9-11-14(24-2)12-10-13)17(19)26(22,23)15-7-5-4-6-8-15/h4-12,16-17H,3,20H2,1-2H3/t16-,17-,19+/m0/s1. The molecule has 0 aliphatic heterocycles. The van der Waals surface area contributed by atoms with Crippen LogP contribution in [-0.2, 0) is 19.4 Å². The normalized spacial score (nSPS) is 24.7. The monoisotopic (exact) mass is 375 g/mol. The molecule has 0 amide bonds. The fourth-order valence-corrected chi connectivity index (χ4v) is 5.58. The molecule has 0 radical (unpaired) electrons. The number of methoxy groups -OCH3 is 1. The Morgan fingerprint density at radius 2 is 1.73 bits per heavy atom. The summed E-state index contributed by atoms with van der Waals surface area (Å²) in [4.78, 5) is 12.6. The zero-order valence-corrected chi connectivity index (χ0v) is 15.4. The van der Waals surface area contributed by atoms with E-state index in [1.54, 1.807) is 56.5 Å². The Bertz CT molecular complexity index is 895. The Kier molecular flexibility index (Phi) is 4.77. The van der Waals surface area contributed by atoms with Crippen molar-refractivity contribution in [3.8, 4) is 5.75 Å². The molecule has 2 N–H and O–H groups in total. The van der Waals surface area contributed by atoms with E-state index in [1.165, 1.54) is 12.1 Å². The average molecular weight is 375 g/mol. The molecular formula is C19H21NO5S. The summed E-state index contributed by atoms with van der Waals surface area (Å²) in [7, 11) is -2.26. The lowest BCUT2D eigenvalue weighted by atomic mass is 10.1. The van der Waals surface area contributed by atoms with Gasteiger partial charge in [-0.1, -0.05) is 30.3 Å². The zero-order valence-electron chi connectivity index (χ0n) is 14.6. The third-order valence-electron chi connectivity index (χ3n) is 4.69. The summed E-state index contributed by atoms with van der Waals surface area (Å²) in [6.07, 6.45) is 0. The van der Waals surface area contributed by atoms with Gasteiger partial charge in [0.15, 0.2) is 9.84 Å². The van der Waals surface area contributed by atoms with Crippen LogP contribution in [0, 0.1) is 0 Å². The third kappa shape index (κ3) is 2.87. The molecule has 2 aromatic carbocycles. The Hall–Kier alpha value is -2.38. The van der Waals surface area contributed by atoms with Gasteiger partial charge in [-0.05, 0) is 36.8 Å². The van der Waals surface area contributed by atoms with E-state index in [0.717, 1.165) is 0 Å². The van der Waals surface area contributed by atoms with E-state index in [0.29, 0.717) is 11.3 Å². The number of hydrogen-bond acceptors (Lipinski definition) is 6. The quantitative estimate of drug-likeness (QED) is 0.775. The molecular weight excluding hydrogens is 354 g/mol. The second kappa shape index (κ2) is 6.74. The van der Waals surface area contributed by atoms with Crippen molar-refractivity contribution in [3.63, 3.8) is 0 Å². The van der Waals surface area contributed by atoms with Crippen LogP contribution in [0.1, 0.15) is 18.4 Å². The van der Waals surface area contributed by atoms with E-state index >= 15 is 0 Å². The molecule has 0 heterocycles. The van der Waals surface area contributed by atoms with Crippen LogP contribution in [0.25, 0.3) is 0 Å². The van der Waals surface area contributed by atoms with Gasteiger partial charge in [-0.2, -0.15) is 0 Å². The highest BCUT2D eigenvalue weighted by molar-refractivity contribution is 7.92. The van der Waals surface area contributed by atoms with Gasteiger partial charge in [-0.25, -0.2) is 13.2 Å². The van der Waals surface area contributed by atoms with Crippen LogP contribution in [0.4, 0.5) is 0 Å². The average Bonchev–Trinajstić information content (AvgIpc) is 3.31. The number of rotatable bonds is 6. The smallest absolute Gasteiger partial charge is 0.328 e. The lowest BCUT2D eigenvalue weighted by Gasteiger charge is -2.11. The first kappa shape index (κ1) is 18.4. The Labute approximate surface area is 152 Å². The minimum Gasteiger partial charge on any atom is -0.497 e. The molecule has 1 saturated carbocycles. The summed E-state index contributed by atoms with van der Waals surface area (Å²) in [5, 5.41) is -1.08. The lowest BCUT2D eigenvalue weighted by Crippen LogP contribution is -2.41. The molecule has 0 unspecified atom stereocenters. The molecule has 0 spiro atoms. The predicted octanol–water partition coefficient (Wildman–Crippen LogP) is 1.90. The van der Waals surface area contributed by atoms with Gasteiger partial charge in [-0.15, -0.1) is 0 Å². The van der Waals surface area contributed by atoms with Gasteiger partial charge in [-0.3, -0.25) is 0 Å². The molecule has 6 nitrogen and oxygen atoms in total. The molecule has 3 atom stereocenters. The number of carbonyl (C=O) groups is 1. The van der Waals surface area contributed by atoms with Crippen LogP contribution in [0.5, 0.6) is 5.75 Å². The van der Waals surface area contributed by atoms with Gasteiger partial charge in [0.2, 0.25) is 0 Å². The zero-order chi connectivity index (χ0) is 18.9. The molecule has 0 bridgehead atoms. The number of sulfone groups is 1. The van der Waals surface area contributed by atoms with Gasteiger partial charge >= 0.3 is 5.97 Å². The van der Waals surface area contributed by atoms with E-state index in [4.69, 9.17) is 15.2 Å². The SMILES string of the molecule is CCOC(=O)[C@@]1(N)[C@@H](c2ccc(OC)cc2)[C@@H]1S(=O)(=O)c1ccccc1. The number of esters is 1. The molecule has 26 heavy (non-hydrogen) atoms. The summed E-state index contributed by atoms with van der Waals surface area (Å²) in [6, 6.07) is 14.9. The number of nitrogens with two attached hydrogens (primary N) is 1. The van der Waals surface area contributed by atoms with Crippen LogP contribution >= 0.6 is 0 Å². The summed E-state index contributed by atoms with van der Waals surface area (Å²) < 4.78 is 36.4. The van der Waals surface area contributed by atoms with E-state index in [2.05, 4.69) is 0 Å². The van der Waals surface area contributed by atoms with E-state index < -0.39 is 32.5 Å². The van der Waals surface area contributed by atoms with Gasteiger partial charge in [0.05, 0.1) is 18.6 Å². The van der Waals surface area contributed by atoms with Gasteiger partial charge in [0.25, 0.3) is 0 Å². The van der Waals surface area contributed by atoms with Crippen molar-refractivity contribution in [3.05, 3.63) is 60.2 Å². The molecule has 1 aliphatic carbocycles. The highest BCUT2D eigenvalue weighted by Gasteiger charge is 2.74. The Balaban J connectivity index is 2.04. The topological polar surface area (TPSA) is 95.7 Å². The van der Waals surface area contributed by atoms with Crippen LogP contribution in [0.2, 0.25) is 0 Å². The fraction of sp³-hybridized carbons (Fsp3) is 0.316. The third-order valence-corrected chi connectivity index (χ3v) is 6.95. The van der Waals surface area contributed by atoms with Crippen molar-refractivity contribution in [2.75, 3.05) is 13.7 Å². The lowest BCUT2D eigenvalue weighted by molar-refractivity contribution is -0.145. The van der Waals surface area contributed by atoms with Crippen molar-refractivity contribution >= 4 is 15.8 Å². The largest absolute Gasteiger partial charge is 0.497 e. The van der Waals surface area contributed by atoms with Crippen molar-refractivity contribution in [1.29, 1.82) is 0 Å². The number of benzene rings is 2. The second-order valence-corrected chi connectivity index (χ2v) is 8.25. The maximum Gasteiger partial charge on any atom is 0.328 e. The summed E-state index contributed by atoms with van der Waals surface area (Å²) in [5.74, 6) is -0.751. The van der Waals surface area contributed by atoms with Crippen molar-refractivity contribution < 1.29 is 22.7 Å². The molecule has 2 aromatic rings. The molecule has 7 heteroatoms. The highest BCUT2D eigenvalue weighted by Crippen LogP contribution is 2.56. The maximum absolute atomic E-state index is 13.1. The molecule has 1 fully saturated rings. The van der Waals surface area contributed by atoms with Crippen molar-refractivity contribution in [2.24, 2.45) is 5.73 Å². The number of carbonyl (C=O) groups excluding carboxylic acids is 1. The fourth-order valence-electron chi connectivity index (χ4n) is 3.33. The Morgan fingerprint density at radius 1 is 1.12 bits per heavy atom. The van der Waals surface area contributed by atoms with E-state index in [-0.39, 0.29) is 11.5 Å². The first-order valence-electron chi connectivity index (χ1n) is 8.26. The van der Waals surface area contributed by atoms with E-state index in [1.807, 2.05) is 0 Å². The molecule has 138 valence electrons. The maximum atomic E-state index is 13.1. The van der Waals surface area contributed by atoms with Gasteiger partial charge in [0.1, 0.15) is 16.5 Å². The first-order valence-corrected chi connectivity index (χ1v) is 9.81. The van der Waals surface area contributed by atoms with Crippen LogP contribution in [0.15, 0.2) is 59.5 Å².